The molecule has 0 saturated heterocycles. The summed E-state index contributed by atoms with van der Waals surface area (Å²) in [4.78, 5) is 37.8. The third-order valence-corrected chi connectivity index (χ3v) is 4.42. The van der Waals surface area contributed by atoms with E-state index in [2.05, 4.69) is 19.9 Å². The molecular formula is C21H24N4O4. The summed E-state index contributed by atoms with van der Waals surface area (Å²) in [6.07, 6.45) is 4.67. The van der Waals surface area contributed by atoms with Crippen molar-refractivity contribution in [1.29, 1.82) is 0 Å². The van der Waals surface area contributed by atoms with Crippen molar-refractivity contribution in [2.45, 2.75) is 26.2 Å². The predicted molar refractivity (Wildman–Crippen MR) is 111 cm³/mol. The van der Waals surface area contributed by atoms with Gasteiger partial charge in [-0.05, 0) is 30.4 Å². The van der Waals surface area contributed by atoms with Crippen LogP contribution in [0, 0.1) is 0 Å². The molecule has 3 aromatic rings. The number of aromatic nitrogens is 4. The highest BCUT2D eigenvalue weighted by Crippen LogP contribution is 2.24. The van der Waals surface area contributed by atoms with Crippen molar-refractivity contribution in [3.8, 4) is 11.5 Å². The molecule has 2 heterocycles. The van der Waals surface area contributed by atoms with Gasteiger partial charge in [-0.25, -0.2) is 4.98 Å². The van der Waals surface area contributed by atoms with Crippen LogP contribution in [0.15, 0.2) is 34.1 Å². The van der Waals surface area contributed by atoms with Gasteiger partial charge in [-0.2, -0.15) is 0 Å². The van der Waals surface area contributed by atoms with Crippen molar-refractivity contribution < 1.29 is 9.47 Å². The van der Waals surface area contributed by atoms with E-state index in [0.29, 0.717) is 22.8 Å². The standard InChI is InChI=1S/C21H24N4O4/c1-21(2,3)18-14(22-11-23-18)10-16-20(27)24-15(19(26)25-16)9-12-8-13(28-4)6-7-17(12)29-5/h6-11H,1-5H3,(H,22,23)(H,24,27)(H,25,26)/b15-9-,16-10-. The number of imidazole rings is 1. The minimum atomic E-state index is -0.437. The van der Waals surface area contributed by atoms with Crippen LogP contribution in [0.5, 0.6) is 11.5 Å². The smallest absolute Gasteiger partial charge is 0.272 e. The Morgan fingerprint density at radius 1 is 0.966 bits per heavy atom. The highest BCUT2D eigenvalue weighted by molar-refractivity contribution is 5.59. The first-order chi connectivity index (χ1) is 13.7. The van der Waals surface area contributed by atoms with Gasteiger partial charge in [-0.15, -0.1) is 0 Å². The minimum Gasteiger partial charge on any atom is -0.497 e. The van der Waals surface area contributed by atoms with Crippen molar-refractivity contribution in [1.82, 2.24) is 19.9 Å². The SMILES string of the molecule is COc1ccc(OC)c(/C=c2\[nH]c(=O)/c(=C/c3nc[nH]c3C(C)(C)C)[nH]c2=O)c1. The normalized spacial score (nSPS) is 13.0. The number of hydrogen-bond acceptors (Lipinski definition) is 5. The molecule has 152 valence electrons. The third-order valence-electron chi connectivity index (χ3n) is 4.42. The maximum atomic E-state index is 12.6. The minimum absolute atomic E-state index is 0.108. The molecule has 0 radical (unpaired) electrons. The molecule has 29 heavy (non-hydrogen) atoms. The molecule has 0 bridgehead atoms. The maximum absolute atomic E-state index is 12.6. The lowest BCUT2D eigenvalue weighted by atomic mass is 9.90. The Morgan fingerprint density at radius 3 is 2.21 bits per heavy atom. The van der Waals surface area contributed by atoms with E-state index in [4.69, 9.17) is 9.47 Å². The lowest BCUT2D eigenvalue weighted by Gasteiger charge is -2.16. The van der Waals surface area contributed by atoms with Gasteiger partial charge in [0.2, 0.25) is 0 Å². The molecule has 1 aromatic carbocycles. The number of aromatic amines is 3. The van der Waals surface area contributed by atoms with Crippen LogP contribution < -0.4 is 31.3 Å². The second kappa shape index (κ2) is 7.83. The van der Waals surface area contributed by atoms with Gasteiger partial charge >= 0.3 is 0 Å². The van der Waals surface area contributed by atoms with E-state index < -0.39 is 11.1 Å². The lowest BCUT2D eigenvalue weighted by molar-refractivity contribution is 0.402. The van der Waals surface area contributed by atoms with E-state index >= 15 is 0 Å². The van der Waals surface area contributed by atoms with Crippen molar-refractivity contribution >= 4 is 12.2 Å². The number of rotatable bonds is 4. The van der Waals surface area contributed by atoms with Crippen LogP contribution in [0.2, 0.25) is 0 Å². The summed E-state index contributed by atoms with van der Waals surface area (Å²) in [5.74, 6) is 1.15. The molecule has 3 N–H and O–H groups in total. The fourth-order valence-electron chi connectivity index (χ4n) is 2.96. The van der Waals surface area contributed by atoms with E-state index in [0.717, 1.165) is 5.69 Å². The molecule has 8 nitrogen and oxygen atoms in total. The van der Waals surface area contributed by atoms with Gasteiger partial charge in [0, 0.05) is 16.7 Å². The monoisotopic (exact) mass is 396 g/mol. The first-order valence-electron chi connectivity index (χ1n) is 9.05. The van der Waals surface area contributed by atoms with Gasteiger partial charge in [0.05, 0.1) is 26.2 Å². The van der Waals surface area contributed by atoms with Crippen LogP contribution in [0.1, 0.15) is 37.7 Å². The molecule has 0 amide bonds. The molecule has 0 spiro atoms. The Morgan fingerprint density at radius 2 is 1.62 bits per heavy atom. The van der Waals surface area contributed by atoms with Crippen LogP contribution in [-0.2, 0) is 5.41 Å². The Bertz CT molecular complexity index is 1260. The van der Waals surface area contributed by atoms with Crippen molar-refractivity contribution in [2.24, 2.45) is 0 Å². The van der Waals surface area contributed by atoms with Gasteiger partial charge < -0.3 is 24.4 Å². The van der Waals surface area contributed by atoms with Crippen molar-refractivity contribution in [2.75, 3.05) is 14.2 Å². The Balaban J connectivity index is 2.16. The zero-order chi connectivity index (χ0) is 21.2. The van der Waals surface area contributed by atoms with Crippen LogP contribution >= 0.6 is 0 Å². The zero-order valence-corrected chi connectivity index (χ0v) is 17.0. The number of ether oxygens (including phenoxy) is 2. The molecule has 8 heteroatoms. The third kappa shape index (κ3) is 4.31. The number of nitrogens with one attached hydrogen (secondary N) is 3. The summed E-state index contributed by atoms with van der Waals surface area (Å²) in [7, 11) is 3.08. The quantitative estimate of drug-likeness (QED) is 0.603. The average molecular weight is 396 g/mol. The predicted octanol–water partition coefficient (Wildman–Crippen LogP) is 0.759. The Kier molecular flexibility index (Phi) is 5.45. The molecule has 0 fully saturated rings. The number of nitrogens with zero attached hydrogens (tertiary/aromatic N) is 1. The molecule has 3 rings (SSSR count). The number of H-pyrrole nitrogens is 3. The number of methoxy groups -OCH3 is 2. The molecule has 0 aliphatic carbocycles. The average Bonchev–Trinajstić information content (AvgIpc) is 3.14. The van der Waals surface area contributed by atoms with Gasteiger partial charge in [0.15, 0.2) is 0 Å². The first kappa shape index (κ1) is 20.2. The topological polar surface area (TPSA) is 113 Å². The molecule has 0 atom stereocenters. The highest BCUT2D eigenvalue weighted by atomic mass is 16.5. The summed E-state index contributed by atoms with van der Waals surface area (Å²) in [5, 5.41) is 0.235. The van der Waals surface area contributed by atoms with Crippen LogP contribution in [-0.4, -0.2) is 34.2 Å². The van der Waals surface area contributed by atoms with Gasteiger partial charge in [-0.1, -0.05) is 20.8 Å². The fraction of sp³-hybridized carbons (Fsp3) is 0.286. The van der Waals surface area contributed by atoms with Gasteiger partial charge in [0.25, 0.3) is 11.1 Å². The van der Waals surface area contributed by atoms with E-state index in [1.165, 1.54) is 7.11 Å². The Labute approximate surface area is 167 Å². The van der Waals surface area contributed by atoms with Crippen LogP contribution in [0.3, 0.4) is 0 Å². The van der Waals surface area contributed by atoms with Crippen molar-refractivity contribution in [3.63, 3.8) is 0 Å². The van der Waals surface area contributed by atoms with Gasteiger partial charge in [0.1, 0.15) is 22.2 Å². The first-order valence-corrected chi connectivity index (χ1v) is 9.05. The van der Waals surface area contributed by atoms with Gasteiger partial charge in [-0.3, -0.25) is 9.59 Å². The summed E-state index contributed by atoms with van der Waals surface area (Å²) in [6.45, 7) is 6.10. The number of hydrogen-bond donors (Lipinski definition) is 3. The van der Waals surface area contributed by atoms with E-state index in [-0.39, 0.29) is 16.1 Å². The molecule has 0 aliphatic rings. The van der Waals surface area contributed by atoms with E-state index in [9.17, 15) is 9.59 Å². The molecular weight excluding hydrogens is 372 g/mol. The maximum Gasteiger partial charge on any atom is 0.272 e. The van der Waals surface area contributed by atoms with E-state index in [1.54, 1.807) is 43.8 Å². The van der Waals surface area contributed by atoms with E-state index in [1.807, 2.05) is 20.8 Å². The summed E-state index contributed by atoms with van der Waals surface area (Å²) in [6, 6.07) is 5.19. The van der Waals surface area contributed by atoms with Crippen LogP contribution in [0.25, 0.3) is 12.2 Å². The Hall–Kier alpha value is -3.55. The largest absolute Gasteiger partial charge is 0.497 e. The second-order valence-electron chi connectivity index (χ2n) is 7.54. The molecule has 2 aromatic heterocycles. The highest BCUT2D eigenvalue weighted by Gasteiger charge is 2.19. The zero-order valence-electron chi connectivity index (χ0n) is 17.0. The summed E-state index contributed by atoms with van der Waals surface area (Å²) < 4.78 is 10.5. The van der Waals surface area contributed by atoms with Crippen LogP contribution in [0.4, 0.5) is 0 Å². The molecule has 0 aliphatic heterocycles. The fourth-order valence-corrected chi connectivity index (χ4v) is 2.96. The van der Waals surface area contributed by atoms with Crippen molar-refractivity contribution in [3.05, 3.63) is 72.9 Å². The summed E-state index contributed by atoms with van der Waals surface area (Å²) >= 11 is 0. The molecule has 0 saturated carbocycles. The second-order valence-corrected chi connectivity index (χ2v) is 7.54. The number of benzene rings is 1. The lowest BCUT2D eigenvalue weighted by Crippen LogP contribution is -2.46. The summed E-state index contributed by atoms with van der Waals surface area (Å²) in [5.41, 5.74) is 1.02. The molecule has 0 unspecified atom stereocenters.